The van der Waals surface area contributed by atoms with Gasteiger partial charge in [0.15, 0.2) is 0 Å². The van der Waals surface area contributed by atoms with Gasteiger partial charge >= 0.3 is 6.18 Å². The first-order valence-corrected chi connectivity index (χ1v) is 9.88. The fraction of sp³-hybridized carbons (Fsp3) is 0.318. The lowest BCUT2D eigenvalue weighted by Gasteiger charge is -2.32. The van der Waals surface area contributed by atoms with E-state index in [-0.39, 0.29) is 17.3 Å². The third-order valence-electron chi connectivity index (χ3n) is 5.32. The van der Waals surface area contributed by atoms with Crippen LogP contribution in [0.4, 0.5) is 13.2 Å². The van der Waals surface area contributed by atoms with Gasteiger partial charge in [-0.3, -0.25) is 4.90 Å². The zero-order valence-electron chi connectivity index (χ0n) is 16.8. The lowest BCUT2D eigenvalue weighted by atomic mass is 10.0. The second kappa shape index (κ2) is 9.30. The Labute approximate surface area is 177 Å². The SMILES string of the molecule is N/C(c1ccc(C(F)(F)F)cc1O)=c1/cccc/c1=C(/N)NC1CCCN(CC=O)C1. The molecule has 0 radical (unpaired) electrons. The van der Waals surface area contributed by atoms with Gasteiger partial charge in [0.2, 0.25) is 0 Å². The zero-order valence-corrected chi connectivity index (χ0v) is 16.8. The maximum absolute atomic E-state index is 12.9. The molecule has 1 aliphatic rings. The van der Waals surface area contributed by atoms with E-state index in [0.29, 0.717) is 35.4 Å². The summed E-state index contributed by atoms with van der Waals surface area (Å²) in [6.07, 6.45) is -1.88. The first-order valence-electron chi connectivity index (χ1n) is 9.88. The second-order valence-corrected chi connectivity index (χ2v) is 7.51. The Hall–Kier alpha value is -3.20. The molecule has 1 saturated heterocycles. The van der Waals surface area contributed by atoms with E-state index in [1.165, 1.54) is 0 Å². The van der Waals surface area contributed by atoms with Crippen molar-refractivity contribution in [2.24, 2.45) is 11.5 Å². The molecule has 1 aliphatic heterocycles. The molecule has 0 saturated carbocycles. The second-order valence-electron chi connectivity index (χ2n) is 7.51. The molecule has 166 valence electrons. The monoisotopic (exact) mass is 434 g/mol. The van der Waals surface area contributed by atoms with Gasteiger partial charge in [0, 0.05) is 28.6 Å². The molecule has 0 amide bonds. The van der Waals surface area contributed by atoms with E-state index in [9.17, 15) is 23.1 Å². The number of aromatic hydroxyl groups is 1. The maximum atomic E-state index is 12.9. The molecule has 0 aromatic heterocycles. The number of nitrogens with zero attached hydrogens (tertiary/aromatic N) is 1. The summed E-state index contributed by atoms with van der Waals surface area (Å²) in [4.78, 5) is 12.8. The van der Waals surface area contributed by atoms with Crippen LogP contribution in [-0.2, 0) is 11.0 Å². The molecule has 1 fully saturated rings. The summed E-state index contributed by atoms with van der Waals surface area (Å²) in [6, 6.07) is 9.65. The van der Waals surface area contributed by atoms with Crippen LogP contribution in [0.1, 0.15) is 24.0 Å². The minimum absolute atomic E-state index is 0.0439. The molecule has 0 aliphatic carbocycles. The summed E-state index contributed by atoms with van der Waals surface area (Å²) in [6.45, 7) is 1.88. The Bertz CT molecular complexity index is 1070. The number of nitrogens with two attached hydrogens (primary N) is 2. The largest absolute Gasteiger partial charge is 0.507 e. The van der Waals surface area contributed by atoms with Crippen molar-refractivity contribution >= 4 is 17.8 Å². The van der Waals surface area contributed by atoms with Crippen molar-refractivity contribution in [2.45, 2.75) is 25.1 Å². The summed E-state index contributed by atoms with van der Waals surface area (Å²) >= 11 is 0. The fourth-order valence-corrected chi connectivity index (χ4v) is 3.78. The third-order valence-corrected chi connectivity index (χ3v) is 5.32. The molecular formula is C22H25F3N4O2. The molecule has 6 N–H and O–H groups in total. The number of hydrogen-bond donors (Lipinski definition) is 4. The minimum Gasteiger partial charge on any atom is -0.507 e. The summed E-state index contributed by atoms with van der Waals surface area (Å²) in [5.41, 5.74) is 11.8. The van der Waals surface area contributed by atoms with Gasteiger partial charge in [0.1, 0.15) is 17.9 Å². The Morgan fingerprint density at radius 3 is 2.55 bits per heavy atom. The lowest BCUT2D eigenvalue weighted by Crippen LogP contribution is -2.49. The van der Waals surface area contributed by atoms with Crippen LogP contribution < -0.4 is 27.2 Å². The quantitative estimate of drug-likeness (QED) is 0.519. The highest BCUT2D eigenvalue weighted by Gasteiger charge is 2.31. The summed E-state index contributed by atoms with van der Waals surface area (Å²) < 4.78 is 38.7. The first kappa shape index (κ1) is 22.5. The summed E-state index contributed by atoms with van der Waals surface area (Å²) in [5, 5.41) is 14.5. The summed E-state index contributed by atoms with van der Waals surface area (Å²) in [5.74, 6) is -0.201. The van der Waals surface area contributed by atoms with Gasteiger partial charge in [-0.15, -0.1) is 0 Å². The Balaban J connectivity index is 2.00. The number of nitrogens with one attached hydrogen (secondary N) is 1. The van der Waals surface area contributed by atoms with Crippen molar-refractivity contribution in [3.63, 3.8) is 0 Å². The number of alkyl halides is 3. The van der Waals surface area contributed by atoms with Crippen LogP contribution in [0, 0.1) is 0 Å². The van der Waals surface area contributed by atoms with Crippen LogP contribution in [0.2, 0.25) is 0 Å². The van der Waals surface area contributed by atoms with Gasteiger partial charge < -0.3 is 26.7 Å². The van der Waals surface area contributed by atoms with Gasteiger partial charge in [0.25, 0.3) is 0 Å². The number of benzene rings is 2. The van der Waals surface area contributed by atoms with Crippen molar-refractivity contribution in [3.8, 4) is 5.75 Å². The van der Waals surface area contributed by atoms with Crippen molar-refractivity contribution < 1.29 is 23.1 Å². The molecule has 1 heterocycles. The van der Waals surface area contributed by atoms with Gasteiger partial charge in [-0.2, -0.15) is 13.2 Å². The van der Waals surface area contributed by atoms with Crippen LogP contribution in [0.25, 0.3) is 11.5 Å². The molecule has 0 bridgehead atoms. The van der Waals surface area contributed by atoms with Crippen LogP contribution in [-0.4, -0.2) is 42.0 Å². The zero-order chi connectivity index (χ0) is 22.6. The highest BCUT2D eigenvalue weighted by atomic mass is 19.4. The number of likely N-dealkylation sites (tertiary alicyclic amines) is 1. The highest BCUT2D eigenvalue weighted by Crippen LogP contribution is 2.33. The van der Waals surface area contributed by atoms with Gasteiger partial charge in [-0.1, -0.05) is 24.3 Å². The fourth-order valence-electron chi connectivity index (χ4n) is 3.78. The smallest absolute Gasteiger partial charge is 0.416 e. The molecule has 2 aromatic carbocycles. The van der Waals surface area contributed by atoms with Crippen molar-refractivity contribution in [1.82, 2.24) is 10.2 Å². The Morgan fingerprint density at radius 2 is 1.90 bits per heavy atom. The maximum Gasteiger partial charge on any atom is 0.416 e. The number of phenolic OH excluding ortho intramolecular Hbond substituents is 1. The Kier molecular flexibility index (Phi) is 6.74. The van der Waals surface area contributed by atoms with Crippen molar-refractivity contribution in [1.29, 1.82) is 0 Å². The van der Waals surface area contributed by atoms with Crippen LogP contribution in [0.5, 0.6) is 5.75 Å². The predicted molar refractivity (Wildman–Crippen MR) is 112 cm³/mol. The summed E-state index contributed by atoms with van der Waals surface area (Å²) in [7, 11) is 0. The number of hydrogen-bond acceptors (Lipinski definition) is 6. The predicted octanol–water partition coefficient (Wildman–Crippen LogP) is 0.803. The standard InChI is InChI=1S/C22H25F3N4O2/c23-22(24,25)14-7-8-18(19(31)12-14)20(26)16-5-1-2-6-17(16)21(27)28-15-4-3-9-29(13-15)10-11-30/h1-2,5-8,11-12,15,28,31H,3-4,9-10,13,26-27H2/b20-16-,21-17+. The molecule has 0 spiro atoms. The molecule has 1 atom stereocenters. The minimum atomic E-state index is -4.57. The highest BCUT2D eigenvalue weighted by molar-refractivity contribution is 5.68. The number of phenols is 1. The number of halogens is 3. The molecule has 9 heteroatoms. The van der Waals surface area contributed by atoms with Crippen LogP contribution in [0.15, 0.2) is 42.5 Å². The molecule has 1 unspecified atom stereocenters. The van der Waals surface area contributed by atoms with E-state index in [1.54, 1.807) is 24.3 Å². The molecule has 6 nitrogen and oxygen atoms in total. The van der Waals surface area contributed by atoms with E-state index in [2.05, 4.69) is 5.32 Å². The number of piperidine rings is 1. The first-order chi connectivity index (χ1) is 14.7. The van der Waals surface area contributed by atoms with Crippen molar-refractivity contribution in [2.75, 3.05) is 19.6 Å². The average molecular weight is 434 g/mol. The van der Waals surface area contributed by atoms with E-state index >= 15 is 0 Å². The lowest BCUT2D eigenvalue weighted by molar-refractivity contribution is -0.137. The van der Waals surface area contributed by atoms with E-state index in [1.807, 2.05) is 4.90 Å². The molecule has 2 aromatic rings. The van der Waals surface area contributed by atoms with Gasteiger partial charge in [-0.05, 0) is 37.6 Å². The van der Waals surface area contributed by atoms with Gasteiger partial charge in [0.05, 0.1) is 17.8 Å². The molecule has 31 heavy (non-hydrogen) atoms. The number of carbonyl (C=O) groups excluding carboxylic acids is 1. The average Bonchev–Trinajstić information content (AvgIpc) is 2.73. The molecular weight excluding hydrogens is 409 g/mol. The van der Waals surface area contributed by atoms with Crippen LogP contribution >= 0.6 is 0 Å². The number of aldehydes is 1. The van der Waals surface area contributed by atoms with Gasteiger partial charge in [-0.25, -0.2) is 0 Å². The van der Waals surface area contributed by atoms with E-state index in [4.69, 9.17) is 11.5 Å². The van der Waals surface area contributed by atoms with Crippen molar-refractivity contribution in [3.05, 3.63) is 64.0 Å². The molecule has 3 rings (SSSR count). The van der Waals surface area contributed by atoms with Crippen LogP contribution in [0.3, 0.4) is 0 Å². The normalized spacial score (nSPS) is 19.5. The van der Waals surface area contributed by atoms with E-state index in [0.717, 1.165) is 37.8 Å². The van der Waals surface area contributed by atoms with E-state index < -0.39 is 17.5 Å². The Morgan fingerprint density at radius 1 is 1.19 bits per heavy atom. The number of rotatable bonds is 5. The third kappa shape index (κ3) is 5.29. The number of carbonyl (C=O) groups is 1. The topological polar surface area (TPSA) is 105 Å².